The van der Waals surface area contributed by atoms with E-state index in [0.29, 0.717) is 22.2 Å². The van der Waals surface area contributed by atoms with Crippen molar-refractivity contribution in [3.8, 4) is 22.8 Å². The van der Waals surface area contributed by atoms with Gasteiger partial charge in [-0.15, -0.1) is 0 Å². The second kappa shape index (κ2) is 5.06. The molecule has 0 N–H and O–H groups in total. The molecule has 0 fully saturated rings. The summed E-state index contributed by atoms with van der Waals surface area (Å²) < 4.78 is 15.4. The molecule has 0 radical (unpaired) electrons. The number of nitrogens with zero attached hydrogens (tertiary/aromatic N) is 3. The SMILES string of the molecule is Cn1nc(-c2ccccc2Cl)nc1-c1ccccc1F. The lowest BCUT2D eigenvalue weighted by Crippen LogP contribution is -1.96. The van der Waals surface area contributed by atoms with Gasteiger partial charge in [-0.2, -0.15) is 5.10 Å². The second-order valence-corrected chi connectivity index (χ2v) is 4.75. The van der Waals surface area contributed by atoms with Gasteiger partial charge in [-0.3, -0.25) is 0 Å². The maximum atomic E-state index is 13.8. The van der Waals surface area contributed by atoms with Crippen molar-refractivity contribution in [2.24, 2.45) is 7.05 Å². The molecule has 0 aliphatic heterocycles. The lowest BCUT2D eigenvalue weighted by atomic mass is 10.2. The molecule has 3 nitrogen and oxygen atoms in total. The van der Waals surface area contributed by atoms with Gasteiger partial charge in [-0.1, -0.05) is 35.9 Å². The smallest absolute Gasteiger partial charge is 0.183 e. The molecule has 0 aliphatic rings. The van der Waals surface area contributed by atoms with E-state index in [1.807, 2.05) is 18.2 Å². The van der Waals surface area contributed by atoms with Crippen LogP contribution in [0, 0.1) is 5.82 Å². The quantitative estimate of drug-likeness (QED) is 0.715. The Morgan fingerprint density at radius 2 is 1.65 bits per heavy atom. The van der Waals surface area contributed by atoms with E-state index in [9.17, 15) is 4.39 Å². The normalized spacial score (nSPS) is 10.8. The van der Waals surface area contributed by atoms with Crippen molar-refractivity contribution in [3.05, 3.63) is 59.4 Å². The Kier molecular flexibility index (Phi) is 3.24. The maximum absolute atomic E-state index is 13.8. The fraction of sp³-hybridized carbons (Fsp3) is 0.0667. The summed E-state index contributed by atoms with van der Waals surface area (Å²) in [5.41, 5.74) is 1.15. The van der Waals surface area contributed by atoms with Crippen molar-refractivity contribution in [1.82, 2.24) is 14.8 Å². The van der Waals surface area contributed by atoms with Crippen molar-refractivity contribution < 1.29 is 4.39 Å². The van der Waals surface area contributed by atoms with Gasteiger partial charge in [0.1, 0.15) is 5.82 Å². The molecular formula is C15H11ClFN3. The number of rotatable bonds is 2. The minimum atomic E-state index is -0.325. The minimum Gasteiger partial charge on any atom is -0.248 e. The molecule has 3 rings (SSSR count). The fourth-order valence-electron chi connectivity index (χ4n) is 2.02. The number of hydrogen-bond donors (Lipinski definition) is 0. The first-order valence-corrected chi connectivity index (χ1v) is 6.45. The molecular weight excluding hydrogens is 277 g/mol. The third kappa shape index (κ3) is 2.18. The molecule has 1 aromatic heterocycles. The first-order valence-electron chi connectivity index (χ1n) is 6.07. The van der Waals surface area contributed by atoms with E-state index in [-0.39, 0.29) is 5.82 Å². The molecule has 20 heavy (non-hydrogen) atoms. The highest BCUT2D eigenvalue weighted by Gasteiger charge is 2.15. The summed E-state index contributed by atoms with van der Waals surface area (Å²) in [5.74, 6) is 0.628. The molecule has 0 bridgehead atoms. The summed E-state index contributed by atoms with van der Waals surface area (Å²) >= 11 is 6.13. The van der Waals surface area contributed by atoms with Gasteiger partial charge < -0.3 is 0 Å². The average Bonchev–Trinajstić information content (AvgIpc) is 2.81. The molecule has 3 aromatic rings. The summed E-state index contributed by atoms with van der Waals surface area (Å²) in [6.45, 7) is 0. The van der Waals surface area contributed by atoms with Gasteiger partial charge in [0.15, 0.2) is 11.6 Å². The first kappa shape index (κ1) is 12.8. The molecule has 0 amide bonds. The van der Waals surface area contributed by atoms with E-state index in [2.05, 4.69) is 10.1 Å². The first-order chi connectivity index (χ1) is 9.66. The lowest BCUT2D eigenvalue weighted by molar-refractivity contribution is 0.627. The van der Waals surface area contributed by atoms with Crippen LogP contribution in [0.25, 0.3) is 22.8 Å². The number of halogens is 2. The topological polar surface area (TPSA) is 30.7 Å². The fourth-order valence-corrected chi connectivity index (χ4v) is 2.24. The zero-order valence-electron chi connectivity index (χ0n) is 10.7. The van der Waals surface area contributed by atoms with Gasteiger partial charge in [0, 0.05) is 12.6 Å². The molecule has 0 saturated heterocycles. The molecule has 100 valence electrons. The van der Waals surface area contributed by atoms with Crippen LogP contribution in [-0.2, 0) is 7.05 Å². The van der Waals surface area contributed by atoms with Crippen LogP contribution in [0.3, 0.4) is 0 Å². The average molecular weight is 288 g/mol. The largest absolute Gasteiger partial charge is 0.248 e. The van der Waals surface area contributed by atoms with Gasteiger partial charge >= 0.3 is 0 Å². The van der Waals surface area contributed by atoms with Crippen LogP contribution in [0.4, 0.5) is 4.39 Å². The van der Waals surface area contributed by atoms with E-state index in [4.69, 9.17) is 11.6 Å². The third-order valence-corrected chi connectivity index (χ3v) is 3.32. The standard InChI is InChI=1S/C15H11ClFN3/c1-20-15(11-7-3-5-9-13(11)17)18-14(19-20)10-6-2-4-8-12(10)16/h2-9H,1H3. The molecule has 1 heterocycles. The summed E-state index contributed by atoms with van der Waals surface area (Å²) in [6.07, 6.45) is 0. The predicted molar refractivity (Wildman–Crippen MR) is 76.8 cm³/mol. The Bertz CT molecular complexity index is 767. The van der Waals surface area contributed by atoms with Crippen LogP contribution >= 0.6 is 11.6 Å². The number of aryl methyl sites for hydroxylation is 1. The summed E-state index contributed by atoms with van der Waals surface area (Å²) in [6, 6.07) is 13.8. The summed E-state index contributed by atoms with van der Waals surface area (Å²) in [7, 11) is 1.73. The summed E-state index contributed by atoms with van der Waals surface area (Å²) in [5, 5.41) is 4.88. The van der Waals surface area contributed by atoms with E-state index in [1.54, 1.807) is 36.0 Å². The van der Waals surface area contributed by atoms with Gasteiger partial charge in [-0.05, 0) is 24.3 Å². The zero-order chi connectivity index (χ0) is 14.1. The maximum Gasteiger partial charge on any atom is 0.183 e. The van der Waals surface area contributed by atoms with Crippen molar-refractivity contribution in [1.29, 1.82) is 0 Å². The van der Waals surface area contributed by atoms with Crippen LogP contribution in [-0.4, -0.2) is 14.8 Å². The van der Waals surface area contributed by atoms with Gasteiger partial charge in [0.2, 0.25) is 0 Å². The third-order valence-electron chi connectivity index (χ3n) is 2.99. The molecule has 2 aromatic carbocycles. The van der Waals surface area contributed by atoms with E-state index in [1.165, 1.54) is 6.07 Å². The molecule has 0 aliphatic carbocycles. The zero-order valence-corrected chi connectivity index (χ0v) is 11.5. The highest BCUT2D eigenvalue weighted by molar-refractivity contribution is 6.33. The second-order valence-electron chi connectivity index (χ2n) is 4.34. The van der Waals surface area contributed by atoms with Crippen molar-refractivity contribution in [2.45, 2.75) is 0 Å². The van der Waals surface area contributed by atoms with Crippen LogP contribution < -0.4 is 0 Å². The monoisotopic (exact) mass is 287 g/mol. The Morgan fingerprint density at radius 1 is 1.00 bits per heavy atom. The van der Waals surface area contributed by atoms with Crippen LogP contribution in [0.15, 0.2) is 48.5 Å². The Hall–Kier alpha value is -2.20. The Morgan fingerprint density at radius 3 is 2.35 bits per heavy atom. The molecule has 0 atom stereocenters. The van der Waals surface area contributed by atoms with Crippen molar-refractivity contribution in [2.75, 3.05) is 0 Å². The van der Waals surface area contributed by atoms with E-state index in [0.717, 1.165) is 5.56 Å². The lowest BCUT2D eigenvalue weighted by Gasteiger charge is -2.00. The minimum absolute atomic E-state index is 0.325. The van der Waals surface area contributed by atoms with Crippen molar-refractivity contribution >= 4 is 11.6 Å². The highest BCUT2D eigenvalue weighted by atomic mass is 35.5. The molecule has 0 spiro atoms. The van der Waals surface area contributed by atoms with Crippen molar-refractivity contribution in [3.63, 3.8) is 0 Å². The Balaban J connectivity index is 2.13. The molecule has 5 heteroatoms. The van der Waals surface area contributed by atoms with Crippen LogP contribution in [0.5, 0.6) is 0 Å². The predicted octanol–water partition coefficient (Wildman–Crippen LogP) is 3.94. The van der Waals surface area contributed by atoms with Gasteiger partial charge in [0.25, 0.3) is 0 Å². The molecule has 0 saturated carbocycles. The number of aromatic nitrogens is 3. The van der Waals surface area contributed by atoms with Gasteiger partial charge in [0.05, 0.1) is 10.6 Å². The summed E-state index contributed by atoms with van der Waals surface area (Å²) in [4.78, 5) is 4.40. The van der Waals surface area contributed by atoms with E-state index >= 15 is 0 Å². The Labute approximate surface area is 120 Å². The number of hydrogen-bond acceptors (Lipinski definition) is 2. The van der Waals surface area contributed by atoms with Gasteiger partial charge in [-0.25, -0.2) is 14.1 Å². The van der Waals surface area contributed by atoms with Crippen LogP contribution in [0.1, 0.15) is 0 Å². The molecule has 0 unspecified atom stereocenters. The highest BCUT2D eigenvalue weighted by Crippen LogP contribution is 2.28. The van der Waals surface area contributed by atoms with Crippen LogP contribution in [0.2, 0.25) is 5.02 Å². The number of benzene rings is 2. The van der Waals surface area contributed by atoms with E-state index < -0.39 is 0 Å².